The Bertz CT molecular complexity index is 1540. The van der Waals surface area contributed by atoms with Gasteiger partial charge in [0.15, 0.2) is 23.0 Å². The third-order valence-corrected chi connectivity index (χ3v) is 5.81. The predicted octanol–water partition coefficient (Wildman–Crippen LogP) is 4.49. The van der Waals surface area contributed by atoms with Crippen LogP contribution >= 0.6 is 0 Å². The minimum atomic E-state index is -1.08. The number of carbonyl (C=O) groups excluding carboxylic acids is 1. The van der Waals surface area contributed by atoms with Gasteiger partial charge in [0.2, 0.25) is 5.75 Å². The van der Waals surface area contributed by atoms with E-state index < -0.39 is 46.4 Å². The van der Waals surface area contributed by atoms with Gasteiger partial charge in [-0.05, 0) is 23.3 Å². The first-order chi connectivity index (χ1) is 17.2. The Balaban J connectivity index is 1.89. The molecule has 2 heterocycles. The van der Waals surface area contributed by atoms with E-state index in [1.165, 1.54) is 19.3 Å². The molecule has 11 heteroatoms. The van der Waals surface area contributed by atoms with Crippen LogP contribution in [0.4, 0.5) is 20.2 Å². The zero-order chi connectivity index (χ0) is 26.0. The van der Waals surface area contributed by atoms with E-state index in [9.17, 15) is 23.5 Å². The summed E-state index contributed by atoms with van der Waals surface area (Å²) in [5.74, 6) is -5.29. The van der Waals surface area contributed by atoms with Crippen molar-refractivity contribution in [2.75, 3.05) is 5.32 Å². The van der Waals surface area contributed by atoms with Crippen LogP contribution in [0.3, 0.4) is 0 Å². The van der Waals surface area contributed by atoms with Gasteiger partial charge in [-0.3, -0.25) is 14.2 Å². The van der Waals surface area contributed by atoms with E-state index in [4.69, 9.17) is 6.57 Å². The molecule has 2 atom stereocenters. The molecular weight excluding hydrogens is 472 g/mol. The molecule has 1 amide bonds. The Morgan fingerprint density at radius 3 is 2.64 bits per heavy atom. The van der Waals surface area contributed by atoms with Crippen LogP contribution in [0.5, 0.6) is 5.75 Å². The number of nitrogens with one attached hydrogen (secondary N) is 1. The van der Waals surface area contributed by atoms with Crippen molar-refractivity contribution in [3.8, 4) is 5.75 Å². The summed E-state index contributed by atoms with van der Waals surface area (Å²) in [6.07, 6.45) is 2.37. The number of carbonyl (C=O) groups is 1. The lowest BCUT2D eigenvalue weighted by Gasteiger charge is -2.27. The predicted molar refractivity (Wildman–Crippen MR) is 125 cm³/mol. The summed E-state index contributed by atoms with van der Waals surface area (Å²) in [5, 5.41) is 16.3. The number of aromatic hydroxyl groups is 1. The number of halogens is 2. The third kappa shape index (κ3) is 4.44. The molecule has 0 aliphatic carbocycles. The molecule has 0 saturated heterocycles. The van der Waals surface area contributed by atoms with Gasteiger partial charge in [0.1, 0.15) is 17.8 Å². The van der Waals surface area contributed by atoms with E-state index >= 15 is 0 Å². The van der Waals surface area contributed by atoms with Gasteiger partial charge in [-0.15, -0.1) is 0 Å². The molecule has 0 aliphatic heterocycles. The van der Waals surface area contributed by atoms with Crippen molar-refractivity contribution < 1.29 is 23.2 Å². The fourth-order valence-electron chi connectivity index (χ4n) is 4.07. The minimum Gasteiger partial charge on any atom is -0.501 e. The summed E-state index contributed by atoms with van der Waals surface area (Å²) < 4.78 is 33.7. The van der Waals surface area contributed by atoms with Crippen molar-refractivity contribution in [2.24, 2.45) is 7.05 Å². The standard InChI is InChI=1S/C25H19F2N5O4/c1-13(20(14-8-9-17(26)18(27)10-14)16-6-4-5-7-19(16)28-2)23-31-21(22(33)25(35)32(23)3)24(34)30-15-11-29-36-12-15/h4-13,20,33H,1,3H3,(H,30,34)/t13-,20+/m1/s1. The van der Waals surface area contributed by atoms with Crippen LogP contribution in [0.1, 0.15) is 46.2 Å². The second-order valence-electron chi connectivity index (χ2n) is 8.01. The molecule has 4 rings (SSSR count). The Labute approximate surface area is 203 Å². The normalized spacial score (nSPS) is 12.5. The van der Waals surface area contributed by atoms with Gasteiger partial charge in [0.25, 0.3) is 11.5 Å². The van der Waals surface area contributed by atoms with Crippen molar-refractivity contribution in [2.45, 2.75) is 18.8 Å². The maximum atomic E-state index is 14.2. The molecular formula is C25H19F2N5O4. The third-order valence-electron chi connectivity index (χ3n) is 5.81. The number of benzene rings is 2. The summed E-state index contributed by atoms with van der Waals surface area (Å²) in [5.41, 5.74) is -0.150. The quantitative estimate of drug-likeness (QED) is 0.384. The van der Waals surface area contributed by atoms with Crippen LogP contribution < -0.4 is 10.9 Å². The Morgan fingerprint density at radius 1 is 1.22 bits per heavy atom. The van der Waals surface area contributed by atoms with Gasteiger partial charge >= 0.3 is 0 Å². The molecule has 9 nitrogen and oxygen atoms in total. The largest absolute Gasteiger partial charge is 0.501 e. The van der Waals surface area contributed by atoms with E-state index in [1.54, 1.807) is 31.2 Å². The SMILES string of the molecule is [C-]#[N+]c1ccccc1[C@H](c1ccc(F)c(F)c1)[C@@H](C)c1nc(C(=O)Nc2cnoc2)c(O)c(=O)n1C. The second kappa shape index (κ2) is 9.79. The number of para-hydroxylation sites is 1. The summed E-state index contributed by atoms with van der Waals surface area (Å²) in [7, 11) is 1.37. The number of amides is 1. The van der Waals surface area contributed by atoms with E-state index in [0.29, 0.717) is 11.1 Å². The number of aromatic nitrogens is 3. The highest BCUT2D eigenvalue weighted by molar-refractivity contribution is 6.04. The molecule has 0 spiro atoms. The fourth-order valence-corrected chi connectivity index (χ4v) is 4.07. The van der Waals surface area contributed by atoms with Crippen molar-refractivity contribution in [1.82, 2.24) is 14.7 Å². The molecule has 0 bridgehead atoms. The van der Waals surface area contributed by atoms with E-state index in [1.807, 2.05) is 0 Å². The van der Waals surface area contributed by atoms with Crippen LogP contribution in [-0.2, 0) is 7.05 Å². The van der Waals surface area contributed by atoms with Gasteiger partial charge in [-0.2, -0.15) is 0 Å². The zero-order valence-corrected chi connectivity index (χ0v) is 19.1. The zero-order valence-electron chi connectivity index (χ0n) is 19.1. The van der Waals surface area contributed by atoms with Crippen LogP contribution in [0.15, 0.2) is 64.2 Å². The van der Waals surface area contributed by atoms with Crippen LogP contribution in [0.25, 0.3) is 4.85 Å². The molecule has 36 heavy (non-hydrogen) atoms. The molecule has 0 fully saturated rings. The first-order valence-corrected chi connectivity index (χ1v) is 10.6. The van der Waals surface area contributed by atoms with Gasteiger partial charge in [0, 0.05) is 18.9 Å². The van der Waals surface area contributed by atoms with Gasteiger partial charge < -0.3 is 14.9 Å². The molecule has 2 N–H and O–H groups in total. The van der Waals surface area contributed by atoms with Crippen molar-refractivity contribution >= 4 is 17.3 Å². The molecule has 0 unspecified atom stereocenters. The van der Waals surface area contributed by atoms with Crippen LogP contribution in [0.2, 0.25) is 0 Å². The molecule has 2 aromatic carbocycles. The number of rotatable bonds is 6. The lowest BCUT2D eigenvalue weighted by atomic mass is 9.80. The topological polar surface area (TPSA) is 115 Å². The molecule has 2 aromatic heterocycles. The van der Waals surface area contributed by atoms with E-state index in [2.05, 4.69) is 24.8 Å². The van der Waals surface area contributed by atoms with Gasteiger partial charge in [-0.25, -0.2) is 18.6 Å². The lowest BCUT2D eigenvalue weighted by molar-refractivity contribution is 0.101. The summed E-state index contributed by atoms with van der Waals surface area (Å²) >= 11 is 0. The minimum absolute atomic E-state index is 0.0720. The number of nitrogens with zero attached hydrogens (tertiary/aromatic N) is 4. The highest BCUT2D eigenvalue weighted by Crippen LogP contribution is 2.42. The van der Waals surface area contributed by atoms with Crippen molar-refractivity contribution in [1.29, 1.82) is 0 Å². The fraction of sp³-hybridized carbons (Fsp3) is 0.160. The average Bonchev–Trinajstić information content (AvgIpc) is 3.38. The highest BCUT2D eigenvalue weighted by Gasteiger charge is 2.31. The van der Waals surface area contributed by atoms with Crippen molar-refractivity contribution in [3.63, 3.8) is 0 Å². The molecule has 0 radical (unpaired) electrons. The number of anilines is 1. The summed E-state index contributed by atoms with van der Waals surface area (Å²) in [6, 6.07) is 10.0. The molecule has 0 saturated carbocycles. The second-order valence-corrected chi connectivity index (χ2v) is 8.01. The first kappa shape index (κ1) is 24.3. The molecule has 0 aliphatic rings. The maximum Gasteiger partial charge on any atom is 0.296 e. The lowest BCUT2D eigenvalue weighted by Crippen LogP contribution is -2.29. The van der Waals surface area contributed by atoms with E-state index in [0.717, 1.165) is 23.0 Å². The highest BCUT2D eigenvalue weighted by atomic mass is 19.2. The Morgan fingerprint density at radius 2 is 1.97 bits per heavy atom. The van der Waals surface area contributed by atoms with Gasteiger partial charge in [-0.1, -0.05) is 42.4 Å². The number of hydrogen-bond donors (Lipinski definition) is 2. The first-order valence-electron chi connectivity index (χ1n) is 10.6. The van der Waals surface area contributed by atoms with Crippen molar-refractivity contribution in [3.05, 3.63) is 111 Å². The molecule has 182 valence electrons. The molecule has 4 aromatic rings. The van der Waals surface area contributed by atoms with Crippen LogP contribution in [-0.4, -0.2) is 25.7 Å². The number of hydrogen-bond acceptors (Lipinski definition) is 6. The van der Waals surface area contributed by atoms with Crippen LogP contribution in [0, 0.1) is 18.2 Å². The Kier molecular flexibility index (Phi) is 6.60. The Hall–Kier alpha value is -4.85. The summed E-state index contributed by atoms with van der Waals surface area (Å²) in [4.78, 5) is 33.5. The van der Waals surface area contributed by atoms with Gasteiger partial charge in [0.05, 0.1) is 12.8 Å². The maximum absolute atomic E-state index is 14.2. The van der Waals surface area contributed by atoms with E-state index in [-0.39, 0.29) is 17.2 Å². The average molecular weight is 491 g/mol. The smallest absolute Gasteiger partial charge is 0.296 e. The summed E-state index contributed by atoms with van der Waals surface area (Å²) in [6.45, 7) is 9.25. The monoisotopic (exact) mass is 491 g/mol.